The maximum atomic E-state index is 12.9. The van der Waals surface area contributed by atoms with Gasteiger partial charge in [-0.15, -0.1) is 0 Å². The molecule has 0 amide bonds. The van der Waals surface area contributed by atoms with Crippen molar-refractivity contribution >= 4 is 5.78 Å². The molecular formula is C17H24O2. The molecule has 0 spiro atoms. The molecule has 0 saturated heterocycles. The van der Waals surface area contributed by atoms with Gasteiger partial charge >= 0.3 is 0 Å². The number of rotatable bonds is 5. The number of benzene rings is 1. The van der Waals surface area contributed by atoms with Gasteiger partial charge in [0, 0.05) is 5.56 Å². The topological polar surface area (TPSA) is 37.3 Å². The van der Waals surface area contributed by atoms with Crippen molar-refractivity contribution in [3.63, 3.8) is 0 Å². The number of hydrogen-bond donors (Lipinski definition) is 1. The van der Waals surface area contributed by atoms with Crippen molar-refractivity contribution in [2.45, 2.75) is 58.0 Å². The first kappa shape index (κ1) is 14.3. The number of ketones is 1. The maximum absolute atomic E-state index is 12.9. The van der Waals surface area contributed by atoms with E-state index >= 15 is 0 Å². The zero-order valence-corrected chi connectivity index (χ0v) is 11.8. The van der Waals surface area contributed by atoms with Gasteiger partial charge in [0.1, 0.15) is 0 Å². The average Bonchev–Trinajstić information content (AvgIpc) is 2.48. The maximum Gasteiger partial charge on any atom is 0.171 e. The van der Waals surface area contributed by atoms with Gasteiger partial charge in [-0.05, 0) is 19.3 Å². The summed E-state index contributed by atoms with van der Waals surface area (Å²) in [7, 11) is 0. The molecule has 0 heterocycles. The minimum atomic E-state index is -0.532. The van der Waals surface area contributed by atoms with Crippen LogP contribution in [-0.2, 0) is 0 Å². The molecule has 19 heavy (non-hydrogen) atoms. The van der Waals surface area contributed by atoms with Gasteiger partial charge in [0.05, 0.1) is 11.5 Å². The summed E-state index contributed by atoms with van der Waals surface area (Å²) in [5.74, 6) is 0.147. The lowest BCUT2D eigenvalue weighted by Crippen LogP contribution is -2.44. The molecule has 1 N–H and O–H groups in total. The monoisotopic (exact) mass is 260 g/mol. The zero-order chi connectivity index (χ0) is 13.7. The fourth-order valence-corrected chi connectivity index (χ4v) is 3.32. The van der Waals surface area contributed by atoms with Crippen LogP contribution in [0.15, 0.2) is 30.3 Å². The van der Waals surface area contributed by atoms with Crippen molar-refractivity contribution in [3.05, 3.63) is 35.9 Å². The summed E-state index contributed by atoms with van der Waals surface area (Å²) in [6.07, 6.45) is 6.11. The Hall–Kier alpha value is -1.15. The lowest BCUT2D eigenvalue weighted by Gasteiger charge is -2.40. The highest BCUT2D eigenvalue weighted by molar-refractivity contribution is 6.01. The molecule has 2 rings (SSSR count). The summed E-state index contributed by atoms with van der Waals surface area (Å²) in [5, 5.41) is 10.5. The van der Waals surface area contributed by atoms with Gasteiger partial charge in [0.25, 0.3) is 0 Å². The number of aliphatic hydroxyl groups is 1. The van der Waals surface area contributed by atoms with Crippen LogP contribution in [0.2, 0.25) is 0 Å². The smallest absolute Gasteiger partial charge is 0.171 e. The molecule has 0 aliphatic heterocycles. The van der Waals surface area contributed by atoms with Crippen LogP contribution >= 0.6 is 0 Å². The lowest BCUT2D eigenvalue weighted by atomic mass is 9.65. The summed E-state index contributed by atoms with van der Waals surface area (Å²) in [6.45, 7) is 2.06. The fourth-order valence-electron chi connectivity index (χ4n) is 3.32. The molecule has 104 valence electrons. The predicted molar refractivity (Wildman–Crippen MR) is 77.2 cm³/mol. The Morgan fingerprint density at radius 3 is 2.42 bits per heavy atom. The van der Waals surface area contributed by atoms with Crippen LogP contribution < -0.4 is 0 Å². The van der Waals surface area contributed by atoms with E-state index in [1.54, 1.807) is 0 Å². The van der Waals surface area contributed by atoms with E-state index in [0.717, 1.165) is 44.1 Å². The van der Waals surface area contributed by atoms with Crippen molar-refractivity contribution in [1.29, 1.82) is 0 Å². The third-order valence-electron chi connectivity index (χ3n) is 4.43. The summed E-state index contributed by atoms with van der Waals surface area (Å²) < 4.78 is 0. The second kappa shape index (κ2) is 6.33. The van der Waals surface area contributed by atoms with Crippen LogP contribution in [0.1, 0.15) is 62.2 Å². The highest BCUT2D eigenvalue weighted by Crippen LogP contribution is 2.43. The highest BCUT2D eigenvalue weighted by atomic mass is 16.3. The molecule has 0 radical (unpaired) electrons. The lowest BCUT2D eigenvalue weighted by molar-refractivity contribution is 0.00124. The molecule has 0 bridgehead atoms. The Balaban J connectivity index is 2.29. The first-order valence-corrected chi connectivity index (χ1v) is 7.48. The standard InChI is InChI=1S/C17H24O2/c1-2-9-15(18)17(12-7-4-8-13-17)16(19)14-10-5-3-6-11-14/h3,5-6,10-11,15,18H,2,4,7-9,12-13H2,1H3. The van der Waals surface area contributed by atoms with E-state index in [0.29, 0.717) is 0 Å². The Kier molecular flexibility index (Phi) is 4.76. The molecule has 1 unspecified atom stereocenters. The molecule has 2 heteroatoms. The first-order chi connectivity index (χ1) is 9.20. The fraction of sp³-hybridized carbons (Fsp3) is 0.588. The normalized spacial score (nSPS) is 19.9. The van der Waals surface area contributed by atoms with E-state index in [-0.39, 0.29) is 5.78 Å². The SMILES string of the molecule is CCCC(O)C1(C(=O)c2ccccc2)CCCCC1. The predicted octanol–water partition coefficient (Wildman–Crippen LogP) is 3.98. The summed E-state index contributed by atoms with van der Waals surface area (Å²) in [4.78, 5) is 12.9. The molecule has 1 saturated carbocycles. The zero-order valence-electron chi connectivity index (χ0n) is 11.8. The molecule has 2 nitrogen and oxygen atoms in total. The van der Waals surface area contributed by atoms with Gasteiger partial charge in [-0.1, -0.05) is 62.9 Å². The largest absolute Gasteiger partial charge is 0.392 e. The second-order valence-corrected chi connectivity index (χ2v) is 5.72. The molecule has 1 aromatic rings. The first-order valence-electron chi connectivity index (χ1n) is 7.48. The summed E-state index contributed by atoms with van der Waals surface area (Å²) in [6, 6.07) is 9.47. The Labute approximate surface area is 115 Å². The molecule has 0 aromatic heterocycles. The van der Waals surface area contributed by atoms with Gasteiger partial charge in [0.15, 0.2) is 5.78 Å². The van der Waals surface area contributed by atoms with Gasteiger partial charge in [-0.2, -0.15) is 0 Å². The Morgan fingerprint density at radius 2 is 1.84 bits per heavy atom. The second-order valence-electron chi connectivity index (χ2n) is 5.72. The molecule has 1 fully saturated rings. The number of carbonyl (C=O) groups is 1. The molecule has 1 aliphatic rings. The Morgan fingerprint density at radius 1 is 1.21 bits per heavy atom. The number of aliphatic hydroxyl groups excluding tert-OH is 1. The summed E-state index contributed by atoms with van der Waals surface area (Å²) >= 11 is 0. The van der Waals surface area contributed by atoms with Crippen LogP contribution in [0.3, 0.4) is 0 Å². The van der Waals surface area contributed by atoms with Gasteiger partial charge in [-0.3, -0.25) is 4.79 Å². The minimum absolute atomic E-state index is 0.147. The van der Waals surface area contributed by atoms with Crippen LogP contribution in [-0.4, -0.2) is 17.0 Å². The van der Waals surface area contributed by atoms with E-state index < -0.39 is 11.5 Å². The van der Waals surface area contributed by atoms with E-state index in [2.05, 4.69) is 6.92 Å². The van der Waals surface area contributed by atoms with E-state index in [9.17, 15) is 9.90 Å². The number of Topliss-reactive ketones (excluding diaryl/α,β-unsaturated/α-hetero) is 1. The highest BCUT2D eigenvalue weighted by Gasteiger charge is 2.45. The third kappa shape index (κ3) is 2.89. The van der Waals surface area contributed by atoms with E-state index in [1.165, 1.54) is 6.42 Å². The Bertz CT molecular complexity index is 405. The number of carbonyl (C=O) groups excluding carboxylic acids is 1. The minimum Gasteiger partial charge on any atom is -0.392 e. The number of hydrogen-bond acceptors (Lipinski definition) is 2. The van der Waals surface area contributed by atoms with Crippen molar-refractivity contribution < 1.29 is 9.90 Å². The van der Waals surface area contributed by atoms with Crippen molar-refractivity contribution in [2.24, 2.45) is 5.41 Å². The molecule has 1 aromatic carbocycles. The van der Waals surface area contributed by atoms with Crippen LogP contribution in [0.25, 0.3) is 0 Å². The molecule has 1 atom stereocenters. The van der Waals surface area contributed by atoms with E-state index in [1.807, 2.05) is 30.3 Å². The van der Waals surface area contributed by atoms with Crippen molar-refractivity contribution in [3.8, 4) is 0 Å². The van der Waals surface area contributed by atoms with E-state index in [4.69, 9.17) is 0 Å². The molecular weight excluding hydrogens is 236 g/mol. The van der Waals surface area contributed by atoms with Gasteiger partial charge < -0.3 is 5.11 Å². The molecule has 1 aliphatic carbocycles. The van der Waals surface area contributed by atoms with Crippen molar-refractivity contribution in [2.75, 3.05) is 0 Å². The summed E-state index contributed by atoms with van der Waals surface area (Å²) in [5.41, 5.74) is 0.217. The van der Waals surface area contributed by atoms with Crippen LogP contribution in [0.4, 0.5) is 0 Å². The van der Waals surface area contributed by atoms with Crippen molar-refractivity contribution in [1.82, 2.24) is 0 Å². The third-order valence-corrected chi connectivity index (χ3v) is 4.43. The van der Waals surface area contributed by atoms with Crippen LogP contribution in [0.5, 0.6) is 0 Å². The van der Waals surface area contributed by atoms with Gasteiger partial charge in [0.2, 0.25) is 0 Å². The quantitative estimate of drug-likeness (QED) is 0.813. The van der Waals surface area contributed by atoms with Crippen LogP contribution in [0, 0.1) is 5.41 Å². The van der Waals surface area contributed by atoms with Gasteiger partial charge in [-0.25, -0.2) is 0 Å². The average molecular weight is 260 g/mol.